The summed E-state index contributed by atoms with van der Waals surface area (Å²) in [7, 11) is 1.55. The molecule has 1 aliphatic rings. The van der Waals surface area contributed by atoms with Crippen LogP contribution in [0, 0.1) is 0 Å². The highest BCUT2D eigenvalue weighted by molar-refractivity contribution is 6.31. The van der Waals surface area contributed by atoms with E-state index in [1.54, 1.807) is 25.3 Å². The van der Waals surface area contributed by atoms with Gasteiger partial charge in [-0.25, -0.2) is 0 Å². The number of amides is 1. The predicted octanol–water partition coefficient (Wildman–Crippen LogP) is 3.53. The van der Waals surface area contributed by atoms with Crippen LogP contribution in [0.2, 0.25) is 5.02 Å². The zero-order chi connectivity index (χ0) is 16.9. The van der Waals surface area contributed by atoms with E-state index in [2.05, 4.69) is 34.5 Å². The molecule has 0 fully saturated rings. The molecule has 126 valence electrons. The summed E-state index contributed by atoms with van der Waals surface area (Å²) in [5.74, 6) is 0.376. The summed E-state index contributed by atoms with van der Waals surface area (Å²) in [5, 5.41) is 3.47. The molecule has 2 aromatic carbocycles. The molecule has 0 saturated heterocycles. The molecule has 0 atom stereocenters. The predicted molar refractivity (Wildman–Crippen MR) is 97.3 cm³/mol. The third kappa shape index (κ3) is 3.65. The largest absolute Gasteiger partial charge is 0.496 e. The van der Waals surface area contributed by atoms with E-state index in [0.29, 0.717) is 22.9 Å². The Morgan fingerprint density at radius 1 is 1.29 bits per heavy atom. The van der Waals surface area contributed by atoms with Gasteiger partial charge in [-0.15, -0.1) is 0 Å². The molecule has 0 aliphatic carbocycles. The lowest BCUT2D eigenvalue weighted by molar-refractivity contribution is 0.0950. The number of nitrogens with zero attached hydrogens (tertiary/aromatic N) is 1. The molecule has 1 heterocycles. The van der Waals surface area contributed by atoms with Gasteiger partial charge in [0, 0.05) is 30.3 Å². The van der Waals surface area contributed by atoms with Gasteiger partial charge in [0.15, 0.2) is 0 Å². The molecule has 2 aromatic rings. The van der Waals surface area contributed by atoms with Crippen molar-refractivity contribution in [3.63, 3.8) is 0 Å². The Hall–Kier alpha value is -2.20. The van der Waals surface area contributed by atoms with Crippen molar-refractivity contribution in [1.82, 2.24) is 5.32 Å². The van der Waals surface area contributed by atoms with Crippen LogP contribution in [0.3, 0.4) is 0 Å². The van der Waals surface area contributed by atoms with Crippen LogP contribution in [0.5, 0.6) is 5.75 Å². The first kappa shape index (κ1) is 16.7. The first-order chi connectivity index (χ1) is 11.7. The Bertz CT molecular complexity index is 733. The van der Waals surface area contributed by atoms with E-state index in [1.807, 2.05) is 0 Å². The number of hydrogen-bond acceptors (Lipinski definition) is 3. The molecule has 0 radical (unpaired) electrons. The second-order valence-electron chi connectivity index (χ2n) is 5.82. The molecule has 0 bridgehead atoms. The van der Waals surface area contributed by atoms with Gasteiger partial charge < -0.3 is 15.0 Å². The lowest BCUT2D eigenvalue weighted by Crippen LogP contribution is -2.29. The van der Waals surface area contributed by atoms with Crippen LogP contribution in [-0.4, -0.2) is 32.7 Å². The second-order valence-corrected chi connectivity index (χ2v) is 6.26. The fourth-order valence-electron chi connectivity index (χ4n) is 3.06. The van der Waals surface area contributed by atoms with Crippen molar-refractivity contribution in [2.24, 2.45) is 0 Å². The lowest BCUT2D eigenvalue weighted by Gasteiger charge is -2.19. The van der Waals surface area contributed by atoms with Crippen LogP contribution >= 0.6 is 11.6 Å². The number of carbonyl (C=O) groups excluding carboxylic acids is 1. The molecule has 0 aromatic heterocycles. The van der Waals surface area contributed by atoms with Gasteiger partial charge in [0.25, 0.3) is 5.91 Å². The summed E-state index contributed by atoms with van der Waals surface area (Å²) in [6, 6.07) is 13.6. The minimum absolute atomic E-state index is 0.156. The molecule has 24 heavy (non-hydrogen) atoms. The molecule has 5 heteroatoms. The van der Waals surface area contributed by atoms with Gasteiger partial charge in [-0.05, 0) is 42.7 Å². The van der Waals surface area contributed by atoms with E-state index < -0.39 is 0 Å². The highest BCUT2D eigenvalue weighted by Crippen LogP contribution is 2.27. The number of fused-ring (bicyclic) bond motifs is 1. The molecule has 0 saturated carbocycles. The summed E-state index contributed by atoms with van der Waals surface area (Å²) < 4.78 is 5.22. The Morgan fingerprint density at radius 2 is 2.12 bits per heavy atom. The van der Waals surface area contributed by atoms with Crippen molar-refractivity contribution in [3.05, 3.63) is 58.6 Å². The van der Waals surface area contributed by atoms with Crippen LogP contribution in [0.1, 0.15) is 22.3 Å². The van der Waals surface area contributed by atoms with Crippen molar-refractivity contribution in [2.75, 3.05) is 31.6 Å². The average molecular weight is 345 g/mol. The summed E-state index contributed by atoms with van der Waals surface area (Å²) in [5.41, 5.74) is 3.20. The molecule has 0 unspecified atom stereocenters. The Morgan fingerprint density at radius 3 is 2.96 bits per heavy atom. The molecule has 1 N–H and O–H groups in total. The normalized spacial score (nSPS) is 12.8. The maximum absolute atomic E-state index is 12.3. The van der Waals surface area contributed by atoms with Crippen LogP contribution in [0.15, 0.2) is 42.5 Å². The smallest absolute Gasteiger partial charge is 0.255 e. The lowest BCUT2D eigenvalue weighted by atomic mass is 10.2. The van der Waals surface area contributed by atoms with E-state index in [1.165, 1.54) is 11.3 Å². The van der Waals surface area contributed by atoms with E-state index in [4.69, 9.17) is 16.3 Å². The summed E-state index contributed by atoms with van der Waals surface area (Å²) in [6.07, 6.45) is 1.99. The number of nitrogens with one attached hydrogen (secondary N) is 1. The van der Waals surface area contributed by atoms with Crippen LogP contribution in [0.25, 0.3) is 0 Å². The minimum Gasteiger partial charge on any atom is -0.496 e. The summed E-state index contributed by atoms with van der Waals surface area (Å²) >= 11 is 5.97. The standard InChI is InChI=1S/C19H21ClN2O2/c1-24-18-8-7-15(20)13-16(18)19(23)21-10-4-11-22-12-9-14-5-2-3-6-17(14)22/h2-3,5-8,13H,4,9-12H2,1H3,(H,21,23). The SMILES string of the molecule is COc1ccc(Cl)cc1C(=O)NCCCN1CCc2ccccc21. The van der Waals surface area contributed by atoms with Crippen molar-refractivity contribution in [3.8, 4) is 5.75 Å². The van der Waals surface area contributed by atoms with Gasteiger partial charge in [0.1, 0.15) is 5.75 Å². The van der Waals surface area contributed by atoms with Gasteiger partial charge in [0.05, 0.1) is 12.7 Å². The Labute approximate surface area is 147 Å². The summed E-state index contributed by atoms with van der Waals surface area (Å²) in [4.78, 5) is 14.7. The van der Waals surface area contributed by atoms with E-state index in [9.17, 15) is 4.79 Å². The van der Waals surface area contributed by atoms with Crippen molar-refractivity contribution >= 4 is 23.2 Å². The van der Waals surface area contributed by atoms with Crippen LogP contribution in [-0.2, 0) is 6.42 Å². The number of ether oxygens (including phenoxy) is 1. The topological polar surface area (TPSA) is 41.6 Å². The number of para-hydroxylation sites is 1. The van der Waals surface area contributed by atoms with Crippen LogP contribution in [0.4, 0.5) is 5.69 Å². The number of benzene rings is 2. The molecule has 3 rings (SSSR count). The third-order valence-electron chi connectivity index (χ3n) is 4.28. The highest BCUT2D eigenvalue weighted by atomic mass is 35.5. The first-order valence-corrected chi connectivity index (χ1v) is 8.51. The number of anilines is 1. The van der Waals surface area contributed by atoms with E-state index >= 15 is 0 Å². The monoisotopic (exact) mass is 344 g/mol. The quantitative estimate of drug-likeness (QED) is 0.815. The minimum atomic E-state index is -0.156. The van der Waals surface area contributed by atoms with Gasteiger partial charge in [-0.3, -0.25) is 4.79 Å². The molecular weight excluding hydrogens is 324 g/mol. The van der Waals surface area contributed by atoms with Crippen molar-refractivity contribution < 1.29 is 9.53 Å². The number of hydrogen-bond donors (Lipinski definition) is 1. The van der Waals surface area contributed by atoms with Gasteiger partial charge >= 0.3 is 0 Å². The molecule has 1 amide bonds. The zero-order valence-corrected chi connectivity index (χ0v) is 14.5. The fourth-order valence-corrected chi connectivity index (χ4v) is 3.24. The Balaban J connectivity index is 1.51. The zero-order valence-electron chi connectivity index (χ0n) is 13.7. The number of halogens is 1. The Kier molecular flexibility index (Phi) is 5.26. The molecule has 4 nitrogen and oxygen atoms in total. The first-order valence-electron chi connectivity index (χ1n) is 8.13. The van der Waals surface area contributed by atoms with Gasteiger partial charge in [0.2, 0.25) is 0 Å². The summed E-state index contributed by atoms with van der Waals surface area (Å²) in [6.45, 7) is 2.60. The van der Waals surface area contributed by atoms with E-state index in [-0.39, 0.29) is 5.91 Å². The van der Waals surface area contributed by atoms with Crippen molar-refractivity contribution in [2.45, 2.75) is 12.8 Å². The number of rotatable bonds is 6. The molecule has 0 spiro atoms. The fraction of sp³-hybridized carbons (Fsp3) is 0.316. The van der Waals surface area contributed by atoms with Crippen molar-refractivity contribution in [1.29, 1.82) is 0 Å². The van der Waals surface area contributed by atoms with Gasteiger partial charge in [-0.2, -0.15) is 0 Å². The highest BCUT2D eigenvalue weighted by Gasteiger charge is 2.18. The molecular formula is C19H21ClN2O2. The average Bonchev–Trinajstić information content (AvgIpc) is 3.01. The number of carbonyl (C=O) groups is 1. The maximum atomic E-state index is 12.3. The molecule has 1 aliphatic heterocycles. The van der Waals surface area contributed by atoms with Crippen LogP contribution < -0.4 is 15.0 Å². The van der Waals surface area contributed by atoms with Gasteiger partial charge in [-0.1, -0.05) is 29.8 Å². The second kappa shape index (κ2) is 7.58. The number of methoxy groups -OCH3 is 1. The third-order valence-corrected chi connectivity index (χ3v) is 4.51. The van der Waals surface area contributed by atoms with E-state index in [0.717, 1.165) is 25.9 Å². The maximum Gasteiger partial charge on any atom is 0.255 e.